The Morgan fingerprint density at radius 2 is 0.436 bits per heavy atom. The molecule has 0 N–H and O–H groups in total. The molecule has 34 aromatic rings. The molecule has 692 valence electrons. The van der Waals surface area contributed by atoms with Gasteiger partial charge >= 0.3 is 0 Å². The van der Waals surface area contributed by atoms with Crippen molar-refractivity contribution >= 4 is 309 Å². The number of fused-ring (bicyclic) bond motifs is 41. The van der Waals surface area contributed by atoms with E-state index < -0.39 is 0 Å². The van der Waals surface area contributed by atoms with Crippen LogP contribution in [0.3, 0.4) is 0 Å². The Kier molecular flexibility index (Phi) is 18.9. The highest BCUT2D eigenvalue weighted by Crippen LogP contribution is 2.55. The first-order chi connectivity index (χ1) is 73.9. The Labute approximate surface area is 873 Å². The Balaban J connectivity index is 0.0000000993. The van der Waals surface area contributed by atoms with Crippen LogP contribution < -0.4 is 0 Å². The standard InChI is InChI=1S/C50H29N3S2.2C42H23N3S2/c1-3-15-30(16-4-1)32-27-33(31-17-5-2-6-18-31)29-34(28-32)45-49-46(39-23-11-14-26-42(39)55-49)52-50(51-45)53-40-24-12-9-21-37(40)43-44-38-22-10-13-25-41(38)54-48(44)36-20-8-7-19-35(36)47(43)53;1-2-14-25-24(12-1)13-11-20-26(25)37-41-38(31-19-7-10-23-34(31)47-41)44-42(43-37)45-32-21-8-5-17-29(32)35-36-30-18-6-9-22-33(30)46-40(36)28-16-4-3-15-27(28)39(35)45;1-2-12-25-23-26(22-21-24(25)11-1)37-41-38(31-17-7-10-20-34(31)47-41)44-42(43-37)45-32-18-8-5-15-29(32)35-36-30-16-6-9-19-33(30)46-40(36)28-14-4-3-13-27(28)39(35)45/h1-29H;2*1-23H. The molecule has 0 saturated heterocycles. The normalized spacial score (nSPS) is 12.2. The van der Waals surface area contributed by atoms with Crippen LogP contribution in [0.4, 0.5) is 0 Å². The molecule has 34 rings (SSSR count). The molecule has 22 aromatic carbocycles. The van der Waals surface area contributed by atoms with Crippen molar-refractivity contribution in [3.8, 4) is 73.9 Å². The van der Waals surface area contributed by atoms with Crippen LogP contribution in [0.15, 0.2) is 455 Å². The van der Waals surface area contributed by atoms with Gasteiger partial charge in [-0.25, -0.2) is 29.9 Å². The topological polar surface area (TPSA) is 92.1 Å². The van der Waals surface area contributed by atoms with E-state index in [1.54, 1.807) is 34.0 Å². The molecule has 0 saturated carbocycles. The van der Waals surface area contributed by atoms with Crippen LogP contribution in [0, 0.1) is 0 Å². The molecule has 0 fully saturated rings. The SMILES string of the molecule is c1ccc(-c2cc(-c3ccccc3)cc(-c3nc(-n4c5ccccc5c5c6c7ccccc7sc6c6ccccc6c54)nc4c3sc3ccccc34)c2)cc1.c1ccc2c(-c3nc(-n4c5ccccc5c5c6c7ccccc7sc6c6ccccc6c54)nc4c3sc3ccccc34)cccc2c1.c1ccc2cc(-c3nc(-n4c5ccccc5c5c6c7ccccc7sc6c6ccccc6c54)nc4c3sc3ccccc34)ccc2c1. The average molecular weight is 2000 g/mol. The van der Waals surface area contributed by atoms with E-state index in [1.807, 2.05) is 34.0 Å². The summed E-state index contributed by atoms with van der Waals surface area (Å²) in [5.41, 5.74) is 20.5. The summed E-state index contributed by atoms with van der Waals surface area (Å²) >= 11 is 11.0. The van der Waals surface area contributed by atoms with Crippen molar-refractivity contribution in [1.82, 2.24) is 43.6 Å². The average Bonchev–Trinajstić information content (AvgIpc) is 1.54. The minimum Gasteiger partial charge on any atom is -0.277 e. The fourth-order valence-corrected chi connectivity index (χ4v) is 30.9. The molecule has 0 bridgehead atoms. The second-order valence-corrected chi connectivity index (χ2v) is 44.6. The van der Waals surface area contributed by atoms with Gasteiger partial charge in [0.2, 0.25) is 17.8 Å². The Hall–Kier alpha value is -17.9. The summed E-state index contributed by atoms with van der Waals surface area (Å²) < 4.78 is 21.8. The molecule has 12 heterocycles. The lowest BCUT2D eigenvalue weighted by molar-refractivity contribution is 1.02. The van der Waals surface area contributed by atoms with Crippen LogP contribution in [0.5, 0.6) is 0 Å². The van der Waals surface area contributed by atoms with E-state index in [2.05, 4.69) is 469 Å². The van der Waals surface area contributed by atoms with Crippen LogP contribution in [0.1, 0.15) is 0 Å². The van der Waals surface area contributed by atoms with Crippen LogP contribution in [0.2, 0.25) is 0 Å². The lowest BCUT2D eigenvalue weighted by Crippen LogP contribution is -2.03. The third-order valence-corrected chi connectivity index (χ3v) is 37.3. The molecule has 0 aliphatic rings. The van der Waals surface area contributed by atoms with Gasteiger partial charge in [-0.05, 0) is 123 Å². The van der Waals surface area contributed by atoms with E-state index in [-0.39, 0.29) is 0 Å². The monoisotopic (exact) mass is 2000 g/mol. The van der Waals surface area contributed by atoms with Gasteiger partial charge < -0.3 is 0 Å². The van der Waals surface area contributed by atoms with Crippen molar-refractivity contribution in [3.63, 3.8) is 0 Å². The van der Waals surface area contributed by atoms with E-state index in [1.165, 1.54) is 172 Å². The third-order valence-electron chi connectivity index (χ3n) is 30.2. The molecule has 12 aromatic heterocycles. The lowest BCUT2D eigenvalue weighted by Gasteiger charge is -2.14. The number of aromatic nitrogens is 9. The first-order valence-electron chi connectivity index (χ1n) is 50.0. The van der Waals surface area contributed by atoms with Crippen molar-refractivity contribution in [1.29, 1.82) is 0 Å². The van der Waals surface area contributed by atoms with Gasteiger partial charge in [0, 0.05) is 172 Å². The van der Waals surface area contributed by atoms with Gasteiger partial charge in [-0.2, -0.15) is 0 Å². The van der Waals surface area contributed by atoms with E-state index in [9.17, 15) is 0 Å². The van der Waals surface area contributed by atoms with Gasteiger partial charge in [0.05, 0.1) is 80.8 Å². The number of hydrogen-bond acceptors (Lipinski definition) is 12. The second kappa shape index (κ2) is 33.3. The minimum atomic E-state index is 0.674. The summed E-state index contributed by atoms with van der Waals surface area (Å²) in [6, 6.07) is 164. The summed E-state index contributed by atoms with van der Waals surface area (Å²) in [7, 11) is 0. The molecule has 0 radical (unpaired) electrons. The molecule has 0 unspecified atom stereocenters. The number of hydrogen-bond donors (Lipinski definition) is 0. The zero-order chi connectivity index (χ0) is 97.3. The largest absolute Gasteiger partial charge is 0.277 e. The molecule has 0 atom stereocenters. The Morgan fingerprint density at radius 1 is 0.154 bits per heavy atom. The summed E-state index contributed by atoms with van der Waals surface area (Å²) in [5, 5.41) is 30.9. The number of benzene rings is 22. The summed E-state index contributed by atoms with van der Waals surface area (Å²) in [6.45, 7) is 0. The maximum atomic E-state index is 5.68. The summed E-state index contributed by atoms with van der Waals surface area (Å²) in [5.74, 6) is 2.06. The van der Waals surface area contributed by atoms with Crippen LogP contribution in [0.25, 0.3) is 315 Å². The molecular formula is C134H75N9S6. The quantitative estimate of drug-likeness (QED) is 0.150. The highest BCUT2D eigenvalue weighted by molar-refractivity contribution is 7.29. The molecule has 9 nitrogen and oxygen atoms in total. The summed E-state index contributed by atoms with van der Waals surface area (Å²) in [4.78, 5) is 33.2. The molecule has 15 heteroatoms. The number of para-hydroxylation sites is 3. The third kappa shape index (κ3) is 12.9. The van der Waals surface area contributed by atoms with Crippen molar-refractivity contribution < 1.29 is 0 Å². The van der Waals surface area contributed by atoms with Gasteiger partial charge in [-0.15, -0.1) is 68.0 Å². The van der Waals surface area contributed by atoms with E-state index >= 15 is 0 Å². The molecule has 0 aliphatic heterocycles. The van der Waals surface area contributed by atoms with E-state index in [0.717, 1.165) is 125 Å². The molecule has 0 amide bonds. The van der Waals surface area contributed by atoms with Gasteiger partial charge in [-0.1, -0.05) is 376 Å². The maximum absolute atomic E-state index is 5.68. The molecule has 0 aliphatic carbocycles. The van der Waals surface area contributed by atoms with Gasteiger partial charge in [-0.3, -0.25) is 13.7 Å². The Morgan fingerprint density at radius 3 is 0.839 bits per heavy atom. The van der Waals surface area contributed by atoms with Crippen LogP contribution >= 0.6 is 68.0 Å². The highest BCUT2D eigenvalue weighted by atomic mass is 32.1. The molecule has 0 spiro atoms. The van der Waals surface area contributed by atoms with Crippen LogP contribution in [-0.4, -0.2) is 43.6 Å². The zero-order valence-corrected chi connectivity index (χ0v) is 84.2. The van der Waals surface area contributed by atoms with Gasteiger partial charge in [0.1, 0.15) is 0 Å². The maximum Gasteiger partial charge on any atom is 0.235 e. The fraction of sp³-hybridized carbons (Fsp3) is 0. The zero-order valence-electron chi connectivity index (χ0n) is 79.3. The second-order valence-electron chi connectivity index (χ2n) is 38.3. The lowest BCUT2D eigenvalue weighted by atomic mass is 9.95. The van der Waals surface area contributed by atoms with E-state index in [0.29, 0.717) is 17.8 Å². The van der Waals surface area contributed by atoms with Crippen molar-refractivity contribution in [2.45, 2.75) is 0 Å². The predicted octanol–water partition coefficient (Wildman–Crippen LogP) is 39.0. The number of thiophene rings is 6. The molecule has 149 heavy (non-hydrogen) atoms. The van der Waals surface area contributed by atoms with Gasteiger partial charge in [0.25, 0.3) is 0 Å². The first-order valence-corrected chi connectivity index (χ1v) is 54.9. The van der Waals surface area contributed by atoms with Gasteiger partial charge in [0.15, 0.2) is 0 Å². The number of rotatable bonds is 8. The minimum absolute atomic E-state index is 0.674. The predicted molar refractivity (Wildman–Crippen MR) is 641 cm³/mol. The first kappa shape index (κ1) is 84.4. The van der Waals surface area contributed by atoms with E-state index in [4.69, 9.17) is 29.9 Å². The summed E-state index contributed by atoms with van der Waals surface area (Å²) in [6.07, 6.45) is 0. The Bertz CT molecular complexity index is 11700. The smallest absolute Gasteiger partial charge is 0.235 e. The van der Waals surface area contributed by atoms with Crippen molar-refractivity contribution in [2.75, 3.05) is 0 Å². The fourth-order valence-electron chi connectivity index (χ4n) is 23.7. The molecular weight excluding hydrogens is 1930 g/mol. The van der Waals surface area contributed by atoms with Crippen molar-refractivity contribution in [3.05, 3.63) is 455 Å². The van der Waals surface area contributed by atoms with Crippen LogP contribution in [-0.2, 0) is 0 Å². The van der Waals surface area contributed by atoms with Crippen molar-refractivity contribution in [2.24, 2.45) is 0 Å². The number of nitrogens with zero attached hydrogens (tertiary/aromatic N) is 9. The highest BCUT2D eigenvalue weighted by Gasteiger charge is 2.32.